The van der Waals surface area contributed by atoms with Gasteiger partial charge in [-0.05, 0) is 70.7 Å². The quantitative estimate of drug-likeness (QED) is 0.381. The minimum absolute atomic E-state index is 0.0427. The molecule has 0 heterocycles. The first kappa shape index (κ1) is 23.7. The lowest BCUT2D eigenvalue weighted by atomic mass is 9.87. The average molecular weight is 458 g/mol. The summed E-state index contributed by atoms with van der Waals surface area (Å²) in [4.78, 5) is 10.8. The van der Waals surface area contributed by atoms with Gasteiger partial charge in [0.25, 0.3) is 0 Å². The lowest BCUT2D eigenvalue weighted by Crippen LogP contribution is -2.14. The van der Waals surface area contributed by atoms with Crippen LogP contribution in [0.3, 0.4) is 0 Å². The standard InChI is InChI=1S/C25H21F3O5/c1-2-20(17-7-12-22(33-14-23(31)32)21(13-17)25(26,27)28)24(15-3-8-18(29)9-4-15)16-5-10-19(30)11-6-16/h3-13,29-30H,2,14H2,1H3,(H,31,32). The number of benzene rings is 3. The number of phenolic OH excluding ortho intramolecular Hbond substituents is 2. The van der Waals surface area contributed by atoms with Crippen LogP contribution in [0.15, 0.2) is 66.7 Å². The number of carboxylic acid groups (broad SMARTS) is 1. The van der Waals surface area contributed by atoms with Gasteiger partial charge < -0.3 is 20.1 Å². The summed E-state index contributed by atoms with van der Waals surface area (Å²) in [5.74, 6) is -1.87. The highest BCUT2D eigenvalue weighted by Gasteiger charge is 2.35. The van der Waals surface area contributed by atoms with Gasteiger partial charge in [-0.3, -0.25) is 0 Å². The molecule has 0 aliphatic rings. The van der Waals surface area contributed by atoms with Gasteiger partial charge >= 0.3 is 12.1 Å². The SMILES string of the molecule is CCC(=C(c1ccc(O)cc1)c1ccc(O)cc1)c1ccc(OCC(=O)O)c(C(F)(F)F)c1. The van der Waals surface area contributed by atoms with Gasteiger partial charge in [0, 0.05) is 0 Å². The molecule has 0 fully saturated rings. The highest BCUT2D eigenvalue weighted by molar-refractivity contribution is 5.98. The summed E-state index contributed by atoms with van der Waals surface area (Å²) in [5.41, 5.74) is 1.74. The summed E-state index contributed by atoms with van der Waals surface area (Å²) in [6.07, 6.45) is -4.40. The van der Waals surface area contributed by atoms with E-state index in [4.69, 9.17) is 9.84 Å². The van der Waals surface area contributed by atoms with Crippen LogP contribution in [0, 0.1) is 0 Å². The Bertz CT molecular complexity index is 1120. The number of carboxylic acids is 1. The van der Waals surface area contributed by atoms with Crippen LogP contribution in [0.1, 0.15) is 35.6 Å². The van der Waals surface area contributed by atoms with Crippen LogP contribution in [-0.4, -0.2) is 27.9 Å². The molecule has 0 spiro atoms. The van der Waals surface area contributed by atoms with E-state index in [1.807, 2.05) is 0 Å². The topological polar surface area (TPSA) is 87.0 Å². The lowest BCUT2D eigenvalue weighted by Gasteiger charge is -2.19. The molecule has 0 amide bonds. The van der Waals surface area contributed by atoms with Gasteiger partial charge in [-0.25, -0.2) is 4.79 Å². The van der Waals surface area contributed by atoms with Gasteiger partial charge in [-0.15, -0.1) is 0 Å². The summed E-state index contributed by atoms with van der Waals surface area (Å²) in [7, 11) is 0. The summed E-state index contributed by atoms with van der Waals surface area (Å²) in [5, 5.41) is 28.1. The van der Waals surface area contributed by atoms with Crippen LogP contribution < -0.4 is 4.74 Å². The molecule has 0 saturated heterocycles. The third-order valence-electron chi connectivity index (χ3n) is 4.95. The largest absolute Gasteiger partial charge is 0.508 e. The predicted octanol–water partition coefficient (Wildman–Crippen LogP) is 5.95. The number of alkyl halides is 3. The van der Waals surface area contributed by atoms with Crippen molar-refractivity contribution >= 4 is 17.1 Å². The molecule has 0 radical (unpaired) electrons. The molecule has 0 aliphatic heterocycles. The molecule has 0 atom stereocenters. The zero-order chi connectivity index (χ0) is 24.2. The molecule has 8 heteroatoms. The van der Waals surface area contributed by atoms with Crippen LogP contribution in [0.4, 0.5) is 13.2 Å². The van der Waals surface area contributed by atoms with Gasteiger partial charge in [0.15, 0.2) is 6.61 Å². The van der Waals surface area contributed by atoms with E-state index < -0.39 is 30.1 Å². The molecule has 0 saturated carbocycles. The molecule has 0 aromatic heterocycles. The third kappa shape index (κ3) is 5.65. The van der Waals surface area contributed by atoms with Gasteiger partial charge in [0.2, 0.25) is 0 Å². The van der Waals surface area contributed by atoms with Crippen molar-refractivity contribution in [3.63, 3.8) is 0 Å². The van der Waals surface area contributed by atoms with Crippen LogP contribution >= 0.6 is 0 Å². The van der Waals surface area contributed by atoms with Crippen molar-refractivity contribution in [3.8, 4) is 17.2 Å². The maximum Gasteiger partial charge on any atom is 0.419 e. The predicted molar refractivity (Wildman–Crippen MR) is 117 cm³/mol. The molecular weight excluding hydrogens is 437 g/mol. The van der Waals surface area contributed by atoms with E-state index in [2.05, 4.69) is 0 Å². The number of aliphatic carboxylic acids is 1. The fraction of sp³-hybridized carbons (Fsp3) is 0.160. The Labute approximate surface area is 188 Å². The first-order chi connectivity index (χ1) is 15.6. The van der Waals surface area contributed by atoms with Crippen LogP contribution in [0.25, 0.3) is 11.1 Å². The van der Waals surface area contributed by atoms with E-state index in [-0.39, 0.29) is 17.1 Å². The number of hydrogen-bond acceptors (Lipinski definition) is 4. The molecule has 3 N–H and O–H groups in total. The van der Waals surface area contributed by atoms with E-state index in [0.29, 0.717) is 28.7 Å². The van der Waals surface area contributed by atoms with Crippen LogP contribution in [0.2, 0.25) is 0 Å². The van der Waals surface area contributed by atoms with Crippen molar-refractivity contribution in [2.45, 2.75) is 19.5 Å². The Morgan fingerprint density at radius 2 is 1.33 bits per heavy atom. The zero-order valence-electron chi connectivity index (χ0n) is 17.6. The fourth-order valence-corrected chi connectivity index (χ4v) is 3.50. The first-order valence-electron chi connectivity index (χ1n) is 9.98. The molecule has 3 aromatic rings. The fourth-order valence-electron chi connectivity index (χ4n) is 3.50. The smallest absolute Gasteiger partial charge is 0.419 e. The Kier molecular flexibility index (Phi) is 6.96. The summed E-state index contributed by atoms with van der Waals surface area (Å²) >= 11 is 0. The summed E-state index contributed by atoms with van der Waals surface area (Å²) in [6, 6.07) is 16.0. The highest BCUT2D eigenvalue weighted by atomic mass is 19.4. The second kappa shape index (κ2) is 9.68. The number of carbonyl (C=O) groups is 1. The molecule has 0 aliphatic carbocycles. The Balaban J connectivity index is 2.25. The Hall–Kier alpha value is -3.94. The number of hydrogen-bond donors (Lipinski definition) is 3. The molecule has 0 unspecified atom stereocenters. The van der Waals surface area contributed by atoms with Gasteiger partial charge in [0.05, 0.1) is 5.56 Å². The Morgan fingerprint density at radius 3 is 1.76 bits per heavy atom. The number of aromatic hydroxyl groups is 2. The molecule has 0 bridgehead atoms. The molecule has 3 aromatic carbocycles. The van der Waals surface area contributed by atoms with E-state index in [1.54, 1.807) is 31.2 Å². The molecule has 33 heavy (non-hydrogen) atoms. The van der Waals surface area contributed by atoms with E-state index >= 15 is 0 Å². The second-order valence-corrected chi connectivity index (χ2v) is 7.19. The molecule has 5 nitrogen and oxygen atoms in total. The highest BCUT2D eigenvalue weighted by Crippen LogP contribution is 2.41. The second-order valence-electron chi connectivity index (χ2n) is 7.19. The number of phenols is 2. The van der Waals surface area contributed by atoms with Crippen LogP contribution in [0.5, 0.6) is 17.2 Å². The number of halogens is 3. The lowest BCUT2D eigenvalue weighted by molar-refractivity contribution is -0.143. The molecule has 3 rings (SSSR count). The van der Waals surface area contributed by atoms with Crippen molar-refractivity contribution in [2.75, 3.05) is 6.61 Å². The van der Waals surface area contributed by atoms with Crippen LogP contribution in [-0.2, 0) is 11.0 Å². The van der Waals surface area contributed by atoms with E-state index in [1.165, 1.54) is 30.3 Å². The first-order valence-corrected chi connectivity index (χ1v) is 9.98. The maximum absolute atomic E-state index is 13.8. The van der Waals surface area contributed by atoms with Gasteiger partial charge in [-0.1, -0.05) is 37.3 Å². The van der Waals surface area contributed by atoms with Crippen molar-refractivity contribution in [3.05, 3.63) is 89.0 Å². The Morgan fingerprint density at radius 1 is 0.848 bits per heavy atom. The van der Waals surface area contributed by atoms with Gasteiger partial charge in [0.1, 0.15) is 17.2 Å². The monoisotopic (exact) mass is 458 g/mol. The molecule has 172 valence electrons. The normalized spacial score (nSPS) is 11.2. The average Bonchev–Trinajstić information content (AvgIpc) is 2.77. The third-order valence-corrected chi connectivity index (χ3v) is 4.95. The number of rotatable bonds is 7. The number of ether oxygens (including phenoxy) is 1. The number of allylic oxidation sites excluding steroid dienone is 1. The van der Waals surface area contributed by atoms with E-state index in [9.17, 15) is 28.2 Å². The van der Waals surface area contributed by atoms with Gasteiger partial charge in [-0.2, -0.15) is 13.2 Å². The molecular formula is C25H21F3O5. The zero-order valence-corrected chi connectivity index (χ0v) is 17.6. The minimum Gasteiger partial charge on any atom is -0.508 e. The summed E-state index contributed by atoms with van der Waals surface area (Å²) < 4.78 is 46.1. The summed E-state index contributed by atoms with van der Waals surface area (Å²) in [6.45, 7) is 0.906. The maximum atomic E-state index is 13.8. The van der Waals surface area contributed by atoms with Crippen molar-refractivity contribution in [1.82, 2.24) is 0 Å². The minimum atomic E-state index is -4.76. The van der Waals surface area contributed by atoms with E-state index in [0.717, 1.165) is 12.1 Å². The van der Waals surface area contributed by atoms with Crippen molar-refractivity contribution in [2.24, 2.45) is 0 Å². The van der Waals surface area contributed by atoms with Crippen molar-refractivity contribution in [1.29, 1.82) is 0 Å². The van der Waals surface area contributed by atoms with Crippen molar-refractivity contribution < 1.29 is 38.0 Å².